The molecule has 2 aromatic rings. The van der Waals surface area contributed by atoms with E-state index in [9.17, 15) is 0 Å². The van der Waals surface area contributed by atoms with Crippen molar-refractivity contribution < 1.29 is 9.47 Å². The van der Waals surface area contributed by atoms with Crippen molar-refractivity contribution >= 4 is 6.08 Å². The highest BCUT2D eigenvalue weighted by atomic mass is 16.5. The molecule has 0 aromatic heterocycles. The first-order chi connectivity index (χ1) is 14.6. The van der Waals surface area contributed by atoms with Gasteiger partial charge in [-0.2, -0.15) is 0 Å². The van der Waals surface area contributed by atoms with Crippen molar-refractivity contribution in [2.45, 2.75) is 91.9 Å². The summed E-state index contributed by atoms with van der Waals surface area (Å²) in [5.41, 5.74) is 10.1. The summed E-state index contributed by atoms with van der Waals surface area (Å²) in [6, 6.07) is 7.03. The molecule has 0 aliphatic heterocycles. The Kier molecular flexibility index (Phi) is 6.09. The Morgan fingerprint density at radius 1 is 0.656 bits per heavy atom. The minimum Gasteiger partial charge on any atom is -0.496 e. The van der Waals surface area contributed by atoms with E-state index in [1.54, 1.807) is 7.11 Å². The van der Waals surface area contributed by atoms with Crippen molar-refractivity contribution in [1.29, 1.82) is 0 Å². The molecule has 0 amide bonds. The van der Waals surface area contributed by atoms with Crippen LogP contribution in [0, 0.1) is 0 Å². The predicted molar refractivity (Wildman–Crippen MR) is 138 cm³/mol. The molecule has 174 valence electrons. The number of hydrogen-bond donors (Lipinski definition) is 0. The topological polar surface area (TPSA) is 18.5 Å². The smallest absolute Gasteiger partial charge is 0.131 e. The highest BCUT2D eigenvalue weighted by molar-refractivity contribution is 5.87. The standard InChI is InChI=1S/C30H42O2/c1-18-13-19-15-24(30(8,9)10)27(32-12)25(21(19)14-18)20-16-22(28(2,3)4)26(31-11)23(17-20)29(5,6)7/h14-17H,13H2,1-12H3. The molecule has 2 aromatic carbocycles. The molecule has 0 heterocycles. The average molecular weight is 435 g/mol. The highest BCUT2D eigenvalue weighted by Gasteiger charge is 2.32. The largest absolute Gasteiger partial charge is 0.496 e. The summed E-state index contributed by atoms with van der Waals surface area (Å²) >= 11 is 0. The number of ether oxygens (including phenoxy) is 2. The molecule has 0 atom stereocenters. The fraction of sp³-hybridized carbons (Fsp3) is 0.533. The van der Waals surface area contributed by atoms with E-state index in [-0.39, 0.29) is 16.2 Å². The van der Waals surface area contributed by atoms with Crippen LogP contribution in [-0.2, 0) is 22.7 Å². The summed E-state index contributed by atoms with van der Waals surface area (Å²) in [6.45, 7) is 22.6. The number of benzene rings is 2. The molecule has 0 fully saturated rings. The van der Waals surface area contributed by atoms with E-state index in [1.807, 2.05) is 7.11 Å². The van der Waals surface area contributed by atoms with Gasteiger partial charge in [0.25, 0.3) is 0 Å². The second-order valence-corrected chi connectivity index (χ2v) is 12.4. The van der Waals surface area contributed by atoms with Crippen LogP contribution < -0.4 is 9.47 Å². The van der Waals surface area contributed by atoms with Crippen molar-refractivity contribution in [2.24, 2.45) is 0 Å². The molecule has 3 rings (SSSR count). The van der Waals surface area contributed by atoms with Gasteiger partial charge < -0.3 is 9.47 Å². The van der Waals surface area contributed by atoms with Gasteiger partial charge in [0.2, 0.25) is 0 Å². The Balaban J connectivity index is 2.51. The van der Waals surface area contributed by atoms with Gasteiger partial charge in [0.1, 0.15) is 11.5 Å². The van der Waals surface area contributed by atoms with Gasteiger partial charge in [-0.05, 0) is 58.4 Å². The zero-order valence-corrected chi connectivity index (χ0v) is 22.3. The maximum atomic E-state index is 6.16. The van der Waals surface area contributed by atoms with Crippen LogP contribution in [0.5, 0.6) is 11.5 Å². The summed E-state index contributed by atoms with van der Waals surface area (Å²) in [6.07, 6.45) is 3.35. The molecule has 32 heavy (non-hydrogen) atoms. The van der Waals surface area contributed by atoms with Gasteiger partial charge in [-0.3, -0.25) is 0 Å². The highest BCUT2D eigenvalue weighted by Crippen LogP contribution is 2.49. The van der Waals surface area contributed by atoms with Crippen LogP contribution in [0.15, 0.2) is 23.8 Å². The Morgan fingerprint density at radius 3 is 1.50 bits per heavy atom. The normalized spacial score (nSPS) is 14.3. The lowest BCUT2D eigenvalue weighted by Crippen LogP contribution is -2.19. The van der Waals surface area contributed by atoms with Crippen molar-refractivity contribution in [2.75, 3.05) is 14.2 Å². The van der Waals surface area contributed by atoms with Gasteiger partial charge in [0, 0.05) is 22.3 Å². The molecule has 2 heteroatoms. The third-order valence-corrected chi connectivity index (χ3v) is 6.48. The van der Waals surface area contributed by atoms with E-state index in [1.165, 1.54) is 44.5 Å². The lowest BCUT2D eigenvalue weighted by atomic mass is 9.76. The zero-order chi connectivity index (χ0) is 24.2. The maximum Gasteiger partial charge on any atom is 0.131 e. The van der Waals surface area contributed by atoms with Crippen molar-refractivity contribution in [3.63, 3.8) is 0 Å². The Hall–Kier alpha value is -2.22. The van der Waals surface area contributed by atoms with Gasteiger partial charge >= 0.3 is 0 Å². The van der Waals surface area contributed by atoms with E-state index < -0.39 is 0 Å². The molecule has 1 aliphatic carbocycles. The molecule has 2 nitrogen and oxygen atoms in total. The summed E-state index contributed by atoms with van der Waals surface area (Å²) in [5.74, 6) is 2.00. The van der Waals surface area contributed by atoms with E-state index in [0.717, 1.165) is 17.9 Å². The van der Waals surface area contributed by atoms with Crippen LogP contribution in [-0.4, -0.2) is 14.2 Å². The second-order valence-electron chi connectivity index (χ2n) is 12.4. The van der Waals surface area contributed by atoms with Gasteiger partial charge in [0.05, 0.1) is 14.2 Å². The molecule has 0 N–H and O–H groups in total. The van der Waals surface area contributed by atoms with Crippen molar-refractivity contribution in [1.82, 2.24) is 0 Å². The molecule has 0 saturated heterocycles. The van der Waals surface area contributed by atoms with Crippen LogP contribution in [0.4, 0.5) is 0 Å². The molecule has 0 saturated carbocycles. The Labute approximate surface area is 196 Å². The molecule has 0 bridgehead atoms. The van der Waals surface area contributed by atoms with Gasteiger partial charge in [-0.25, -0.2) is 0 Å². The third kappa shape index (κ3) is 4.34. The lowest BCUT2D eigenvalue weighted by molar-refractivity contribution is 0.381. The minimum atomic E-state index is -0.0504. The molecule has 0 spiro atoms. The number of fused-ring (bicyclic) bond motifs is 1. The van der Waals surface area contributed by atoms with Crippen LogP contribution in [0.25, 0.3) is 17.2 Å². The average Bonchev–Trinajstić information content (AvgIpc) is 3.03. The van der Waals surface area contributed by atoms with Gasteiger partial charge in [-0.15, -0.1) is 0 Å². The fourth-order valence-corrected chi connectivity index (χ4v) is 4.81. The quantitative estimate of drug-likeness (QED) is 0.484. The first-order valence-corrected chi connectivity index (χ1v) is 11.7. The number of rotatable bonds is 3. The Morgan fingerprint density at radius 2 is 1.09 bits per heavy atom. The lowest BCUT2D eigenvalue weighted by Gasteiger charge is -2.31. The van der Waals surface area contributed by atoms with E-state index in [0.29, 0.717) is 0 Å². The summed E-state index contributed by atoms with van der Waals surface area (Å²) in [5, 5.41) is 0. The number of methoxy groups -OCH3 is 2. The first kappa shape index (κ1) is 24.4. The summed E-state index contributed by atoms with van der Waals surface area (Å²) < 4.78 is 12.2. The minimum absolute atomic E-state index is 0.0161. The monoisotopic (exact) mass is 434 g/mol. The second kappa shape index (κ2) is 7.97. The fourth-order valence-electron chi connectivity index (χ4n) is 4.81. The Bertz CT molecular complexity index is 1030. The molecule has 1 aliphatic rings. The van der Waals surface area contributed by atoms with E-state index >= 15 is 0 Å². The summed E-state index contributed by atoms with van der Waals surface area (Å²) in [4.78, 5) is 0. The van der Waals surface area contributed by atoms with Crippen LogP contribution >= 0.6 is 0 Å². The first-order valence-electron chi connectivity index (χ1n) is 11.7. The molecular formula is C30H42O2. The van der Waals surface area contributed by atoms with Crippen LogP contribution in [0.1, 0.15) is 97.1 Å². The van der Waals surface area contributed by atoms with Gasteiger partial charge in [0.15, 0.2) is 0 Å². The number of allylic oxidation sites excluding steroid dienone is 1. The van der Waals surface area contributed by atoms with Crippen LogP contribution in [0.3, 0.4) is 0 Å². The molecular weight excluding hydrogens is 392 g/mol. The maximum absolute atomic E-state index is 6.16. The third-order valence-electron chi connectivity index (χ3n) is 6.48. The molecule has 0 radical (unpaired) electrons. The predicted octanol–water partition coefficient (Wildman–Crippen LogP) is 8.22. The zero-order valence-electron chi connectivity index (χ0n) is 22.3. The van der Waals surface area contributed by atoms with Crippen LogP contribution in [0.2, 0.25) is 0 Å². The van der Waals surface area contributed by atoms with Crippen molar-refractivity contribution in [3.8, 4) is 22.6 Å². The summed E-state index contributed by atoms with van der Waals surface area (Å²) in [7, 11) is 3.61. The van der Waals surface area contributed by atoms with E-state index in [4.69, 9.17) is 9.47 Å². The molecule has 0 unspecified atom stereocenters. The SMILES string of the molecule is COc1c(C(C)(C)C)cc(-c2c3c(cc(C(C)(C)C)c2OC)CC(C)=C3)cc1C(C)(C)C. The number of hydrogen-bond acceptors (Lipinski definition) is 2. The van der Waals surface area contributed by atoms with E-state index in [2.05, 4.69) is 93.5 Å². The van der Waals surface area contributed by atoms with Gasteiger partial charge in [-0.1, -0.05) is 80.0 Å². The van der Waals surface area contributed by atoms with Crippen molar-refractivity contribution in [3.05, 3.63) is 51.6 Å².